The van der Waals surface area contributed by atoms with Gasteiger partial charge in [-0.3, -0.25) is 5.43 Å². The summed E-state index contributed by atoms with van der Waals surface area (Å²) >= 11 is 4.96. The Bertz CT molecular complexity index is 600. The van der Waals surface area contributed by atoms with Gasteiger partial charge in [0.05, 0.1) is 11.8 Å². The standard InChI is InChI=1S/C14H14F5N3S/c15-9-8(10(16)12(18)13(19)11(9)17)6-20-22-14(23)21-7-4-2-1-3-5-7/h6-7H,1-5H2,(H2,21,22,23)/b20-6-. The summed E-state index contributed by atoms with van der Waals surface area (Å²) in [5, 5.41) is 6.53. The minimum Gasteiger partial charge on any atom is -0.359 e. The second-order valence-electron chi connectivity index (χ2n) is 5.16. The number of hydrogen-bond acceptors (Lipinski definition) is 2. The second-order valence-corrected chi connectivity index (χ2v) is 5.57. The van der Waals surface area contributed by atoms with Gasteiger partial charge < -0.3 is 5.32 Å². The Balaban J connectivity index is 2.01. The first-order valence-electron chi connectivity index (χ1n) is 7.02. The van der Waals surface area contributed by atoms with Gasteiger partial charge in [-0.1, -0.05) is 19.3 Å². The molecule has 2 rings (SSSR count). The quantitative estimate of drug-likeness (QED) is 0.219. The fraction of sp³-hybridized carbons (Fsp3) is 0.429. The zero-order valence-electron chi connectivity index (χ0n) is 11.9. The summed E-state index contributed by atoms with van der Waals surface area (Å²) in [5.74, 6) is -10.1. The summed E-state index contributed by atoms with van der Waals surface area (Å²) in [6.45, 7) is 0. The van der Waals surface area contributed by atoms with Crippen molar-refractivity contribution in [2.24, 2.45) is 5.10 Å². The molecule has 0 radical (unpaired) electrons. The Kier molecular flexibility index (Phi) is 5.86. The first-order chi connectivity index (χ1) is 10.9. The highest BCUT2D eigenvalue weighted by Gasteiger charge is 2.24. The van der Waals surface area contributed by atoms with Crippen molar-refractivity contribution in [2.75, 3.05) is 0 Å². The van der Waals surface area contributed by atoms with E-state index < -0.39 is 34.6 Å². The van der Waals surface area contributed by atoms with Crippen molar-refractivity contribution in [1.82, 2.24) is 10.7 Å². The van der Waals surface area contributed by atoms with E-state index in [0.29, 0.717) is 6.21 Å². The molecule has 0 aliphatic heterocycles. The first-order valence-corrected chi connectivity index (χ1v) is 7.43. The van der Waals surface area contributed by atoms with Gasteiger partial charge in [0.15, 0.2) is 28.4 Å². The summed E-state index contributed by atoms with van der Waals surface area (Å²) in [5.41, 5.74) is 1.17. The zero-order chi connectivity index (χ0) is 17.0. The second kappa shape index (κ2) is 7.67. The normalized spacial score (nSPS) is 15.9. The molecule has 0 saturated heterocycles. The van der Waals surface area contributed by atoms with Crippen LogP contribution in [0.15, 0.2) is 5.10 Å². The van der Waals surface area contributed by atoms with E-state index in [2.05, 4.69) is 15.8 Å². The molecule has 1 aromatic rings. The summed E-state index contributed by atoms with van der Waals surface area (Å²) in [6, 6.07) is 0.188. The molecule has 0 unspecified atom stereocenters. The van der Waals surface area contributed by atoms with Crippen LogP contribution in [0.4, 0.5) is 22.0 Å². The van der Waals surface area contributed by atoms with E-state index >= 15 is 0 Å². The van der Waals surface area contributed by atoms with E-state index in [1.54, 1.807) is 0 Å². The number of nitrogens with zero attached hydrogens (tertiary/aromatic N) is 1. The molecule has 0 amide bonds. The number of hydrogen-bond donors (Lipinski definition) is 2. The molecule has 1 aromatic carbocycles. The first kappa shape index (κ1) is 17.6. The van der Waals surface area contributed by atoms with E-state index in [-0.39, 0.29) is 11.2 Å². The highest BCUT2D eigenvalue weighted by molar-refractivity contribution is 7.80. The third kappa shape index (κ3) is 4.15. The molecule has 0 heterocycles. The lowest BCUT2D eigenvalue weighted by Crippen LogP contribution is -2.40. The molecule has 126 valence electrons. The van der Waals surface area contributed by atoms with Gasteiger partial charge in [-0.15, -0.1) is 0 Å². The molecule has 0 aromatic heterocycles. The average Bonchev–Trinajstić information content (AvgIpc) is 2.55. The van der Waals surface area contributed by atoms with Crippen molar-refractivity contribution in [3.63, 3.8) is 0 Å². The number of benzene rings is 1. The summed E-state index contributed by atoms with van der Waals surface area (Å²) in [6.07, 6.45) is 5.72. The van der Waals surface area contributed by atoms with E-state index in [9.17, 15) is 22.0 Å². The minimum absolute atomic E-state index is 0.122. The molecule has 0 atom stereocenters. The molecule has 23 heavy (non-hydrogen) atoms. The van der Waals surface area contributed by atoms with Gasteiger partial charge in [-0.2, -0.15) is 5.10 Å². The van der Waals surface area contributed by atoms with Crippen LogP contribution < -0.4 is 10.7 Å². The van der Waals surface area contributed by atoms with Crippen molar-refractivity contribution >= 4 is 23.5 Å². The molecule has 9 heteroatoms. The highest BCUT2D eigenvalue weighted by atomic mass is 32.1. The van der Waals surface area contributed by atoms with Crippen LogP contribution in [0.2, 0.25) is 0 Å². The van der Waals surface area contributed by atoms with Gasteiger partial charge >= 0.3 is 0 Å². The van der Waals surface area contributed by atoms with Crippen LogP contribution in [0.1, 0.15) is 37.7 Å². The Morgan fingerprint density at radius 1 is 0.913 bits per heavy atom. The van der Waals surface area contributed by atoms with Crippen molar-refractivity contribution < 1.29 is 22.0 Å². The maximum Gasteiger partial charge on any atom is 0.200 e. The fourth-order valence-corrected chi connectivity index (χ4v) is 2.57. The van der Waals surface area contributed by atoms with Gasteiger partial charge in [-0.05, 0) is 25.1 Å². The van der Waals surface area contributed by atoms with E-state index in [1.807, 2.05) is 0 Å². The van der Waals surface area contributed by atoms with Crippen LogP contribution in [0.3, 0.4) is 0 Å². The molecule has 1 fully saturated rings. The van der Waals surface area contributed by atoms with Crippen LogP contribution in [0.5, 0.6) is 0 Å². The molecular formula is C14H14F5N3S. The van der Waals surface area contributed by atoms with E-state index in [0.717, 1.165) is 32.1 Å². The van der Waals surface area contributed by atoms with Gasteiger partial charge in [0.25, 0.3) is 0 Å². The van der Waals surface area contributed by atoms with Crippen LogP contribution in [0, 0.1) is 29.1 Å². The van der Waals surface area contributed by atoms with Gasteiger partial charge in [0.1, 0.15) is 0 Å². The van der Waals surface area contributed by atoms with Gasteiger partial charge in [0.2, 0.25) is 5.82 Å². The van der Waals surface area contributed by atoms with Crippen molar-refractivity contribution in [3.8, 4) is 0 Å². The van der Waals surface area contributed by atoms with E-state index in [1.165, 1.54) is 0 Å². The summed E-state index contributed by atoms with van der Waals surface area (Å²) < 4.78 is 65.7. The third-order valence-corrected chi connectivity index (χ3v) is 3.75. The predicted octanol–water partition coefficient (Wildman–Crippen LogP) is 3.51. The smallest absolute Gasteiger partial charge is 0.200 e. The Morgan fingerprint density at radius 3 is 2.00 bits per heavy atom. The minimum atomic E-state index is -2.21. The van der Waals surface area contributed by atoms with Crippen LogP contribution in [-0.4, -0.2) is 17.4 Å². The summed E-state index contributed by atoms with van der Waals surface area (Å²) in [7, 11) is 0. The van der Waals surface area contributed by atoms with Gasteiger partial charge in [0, 0.05) is 6.04 Å². The number of hydrazone groups is 1. The largest absolute Gasteiger partial charge is 0.359 e. The number of nitrogens with one attached hydrogen (secondary N) is 2. The molecule has 2 N–H and O–H groups in total. The summed E-state index contributed by atoms with van der Waals surface area (Å²) in [4.78, 5) is 0. The fourth-order valence-electron chi connectivity index (χ4n) is 2.36. The van der Waals surface area contributed by atoms with E-state index in [4.69, 9.17) is 12.2 Å². The zero-order valence-corrected chi connectivity index (χ0v) is 12.8. The molecule has 3 nitrogen and oxygen atoms in total. The number of halogens is 5. The molecule has 1 aliphatic carbocycles. The van der Waals surface area contributed by atoms with Crippen molar-refractivity contribution in [1.29, 1.82) is 0 Å². The van der Waals surface area contributed by atoms with Gasteiger partial charge in [-0.25, -0.2) is 22.0 Å². The molecule has 0 spiro atoms. The van der Waals surface area contributed by atoms with Crippen LogP contribution >= 0.6 is 12.2 Å². The lowest BCUT2D eigenvalue weighted by atomic mass is 9.96. The lowest BCUT2D eigenvalue weighted by Gasteiger charge is -2.23. The number of thiocarbonyl (C=S) groups is 1. The Morgan fingerprint density at radius 2 is 1.43 bits per heavy atom. The predicted molar refractivity (Wildman–Crippen MR) is 79.6 cm³/mol. The van der Waals surface area contributed by atoms with Crippen molar-refractivity contribution in [3.05, 3.63) is 34.6 Å². The molecule has 0 bridgehead atoms. The van der Waals surface area contributed by atoms with Crippen molar-refractivity contribution in [2.45, 2.75) is 38.1 Å². The topological polar surface area (TPSA) is 36.4 Å². The SMILES string of the molecule is Fc1c(F)c(F)c(/C=N\NC(=S)NC2CCCCC2)c(F)c1F. The Hall–Kier alpha value is -1.77. The molecular weight excluding hydrogens is 337 g/mol. The molecule has 1 saturated carbocycles. The maximum atomic E-state index is 13.4. The third-order valence-electron chi connectivity index (χ3n) is 3.54. The monoisotopic (exact) mass is 351 g/mol. The Labute approximate surface area is 134 Å². The maximum absolute atomic E-state index is 13.4. The van der Waals surface area contributed by atoms with Crippen LogP contribution in [-0.2, 0) is 0 Å². The molecule has 1 aliphatic rings. The van der Waals surface area contributed by atoms with Crippen LogP contribution in [0.25, 0.3) is 0 Å². The number of rotatable bonds is 3. The average molecular weight is 351 g/mol. The lowest BCUT2D eigenvalue weighted by molar-refractivity contribution is 0.377. The highest BCUT2D eigenvalue weighted by Crippen LogP contribution is 2.21.